The van der Waals surface area contributed by atoms with Gasteiger partial charge in [0.25, 0.3) is 0 Å². The smallest absolute Gasteiger partial charge is 0.232 e. The molecule has 1 fully saturated rings. The summed E-state index contributed by atoms with van der Waals surface area (Å²) in [4.78, 5) is 18.3. The molecule has 0 bridgehead atoms. The van der Waals surface area contributed by atoms with Gasteiger partial charge in [-0.05, 0) is 54.2 Å². The number of amides is 1. The van der Waals surface area contributed by atoms with Gasteiger partial charge < -0.3 is 4.90 Å². The first kappa shape index (κ1) is 17.0. The van der Waals surface area contributed by atoms with Gasteiger partial charge >= 0.3 is 0 Å². The molecule has 1 unspecified atom stereocenters. The van der Waals surface area contributed by atoms with Crippen molar-refractivity contribution in [3.63, 3.8) is 0 Å². The van der Waals surface area contributed by atoms with Crippen LogP contribution in [0.1, 0.15) is 17.5 Å². The monoisotopic (exact) mass is 344 g/mol. The average Bonchev–Trinajstić information content (AvgIpc) is 3.06. The van der Waals surface area contributed by atoms with E-state index in [1.54, 1.807) is 24.2 Å². The Kier molecular flexibility index (Phi) is 5.86. The van der Waals surface area contributed by atoms with Crippen LogP contribution in [0.15, 0.2) is 48.8 Å². The number of aromatic nitrogens is 1. The van der Waals surface area contributed by atoms with E-state index in [9.17, 15) is 9.18 Å². The summed E-state index contributed by atoms with van der Waals surface area (Å²) in [6.07, 6.45) is 5.49. The Morgan fingerprint density at radius 2 is 1.92 bits per heavy atom. The van der Waals surface area contributed by atoms with Crippen molar-refractivity contribution < 1.29 is 9.18 Å². The number of halogens is 1. The van der Waals surface area contributed by atoms with Crippen LogP contribution in [-0.2, 0) is 17.0 Å². The summed E-state index contributed by atoms with van der Waals surface area (Å²) < 4.78 is 13.0. The highest BCUT2D eigenvalue weighted by Gasteiger charge is 2.26. The molecule has 5 heteroatoms. The zero-order valence-corrected chi connectivity index (χ0v) is 14.3. The van der Waals surface area contributed by atoms with Crippen molar-refractivity contribution >= 4 is 17.7 Å². The fourth-order valence-corrected chi connectivity index (χ4v) is 3.89. The van der Waals surface area contributed by atoms with Crippen LogP contribution < -0.4 is 0 Å². The predicted molar refractivity (Wildman–Crippen MR) is 95.2 cm³/mol. The van der Waals surface area contributed by atoms with Crippen LogP contribution in [0, 0.1) is 11.7 Å². The quantitative estimate of drug-likeness (QED) is 0.803. The predicted octanol–water partition coefficient (Wildman–Crippen LogP) is 3.55. The topological polar surface area (TPSA) is 33.2 Å². The lowest BCUT2D eigenvalue weighted by Crippen LogP contribution is -2.30. The molecule has 0 spiro atoms. The number of hydrogen-bond acceptors (Lipinski definition) is 3. The normalized spacial score (nSPS) is 17.2. The number of hydrogen-bond donors (Lipinski definition) is 0. The molecule has 24 heavy (non-hydrogen) atoms. The maximum absolute atomic E-state index is 13.0. The number of rotatable bonds is 6. The van der Waals surface area contributed by atoms with Gasteiger partial charge in [-0.25, -0.2) is 4.39 Å². The molecular formula is C19H21FN2OS. The maximum Gasteiger partial charge on any atom is 0.232 e. The van der Waals surface area contributed by atoms with E-state index in [4.69, 9.17) is 0 Å². The van der Waals surface area contributed by atoms with Gasteiger partial charge in [0, 0.05) is 31.2 Å². The Morgan fingerprint density at radius 1 is 1.17 bits per heavy atom. The number of nitrogens with zero attached hydrogens (tertiary/aromatic N) is 2. The molecule has 2 heterocycles. The minimum atomic E-state index is -0.201. The maximum atomic E-state index is 13.0. The van der Waals surface area contributed by atoms with Crippen LogP contribution >= 0.6 is 11.8 Å². The molecule has 1 saturated heterocycles. The van der Waals surface area contributed by atoms with Crippen molar-refractivity contribution in [3.05, 3.63) is 65.7 Å². The Hall–Kier alpha value is -1.88. The molecule has 0 radical (unpaired) electrons. The second-order valence-electron chi connectivity index (χ2n) is 6.17. The summed E-state index contributed by atoms with van der Waals surface area (Å²) in [5.74, 6) is 1.85. The first-order chi connectivity index (χ1) is 11.7. The lowest BCUT2D eigenvalue weighted by molar-refractivity contribution is -0.127. The Labute approximate surface area is 146 Å². The van der Waals surface area contributed by atoms with E-state index in [2.05, 4.69) is 4.98 Å². The molecule has 1 atom stereocenters. The van der Waals surface area contributed by atoms with Crippen molar-refractivity contribution in [1.29, 1.82) is 0 Å². The van der Waals surface area contributed by atoms with E-state index in [0.717, 1.165) is 37.2 Å². The molecule has 1 aliphatic heterocycles. The van der Waals surface area contributed by atoms with Crippen molar-refractivity contribution in [3.8, 4) is 0 Å². The highest BCUT2D eigenvalue weighted by Crippen LogP contribution is 2.22. The number of carbonyl (C=O) groups excluding carboxylic acids is 1. The second kappa shape index (κ2) is 8.29. The number of likely N-dealkylation sites (tertiary alicyclic amines) is 1. The fourth-order valence-electron chi connectivity index (χ4n) is 3.01. The van der Waals surface area contributed by atoms with Crippen molar-refractivity contribution in [2.45, 2.75) is 18.6 Å². The lowest BCUT2D eigenvalue weighted by atomic mass is 9.99. The summed E-state index contributed by atoms with van der Waals surface area (Å²) in [7, 11) is 0. The van der Waals surface area contributed by atoms with Crippen LogP contribution in [0.3, 0.4) is 0 Å². The van der Waals surface area contributed by atoms with Gasteiger partial charge in [0.1, 0.15) is 5.82 Å². The van der Waals surface area contributed by atoms with E-state index in [0.29, 0.717) is 11.7 Å². The summed E-state index contributed by atoms with van der Waals surface area (Å²) in [5.41, 5.74) is 2.33. The van der Waals surface area contributed by atoms with Crippen LogP contribution in [0.4, 0.5) is 4.39 Å². The van der Waals surface area contributed by atoms with Gasteiger partial charge in [-0.1, -0.05) is 12.1 Å². The molecule has 1 aliphatic rings. The number of pyridine rings is 1. The number of thioether (sulfide) groups is 1. The highest BCUT2D eigenvalue weighted by atomic mass is 32.2. The first-order valence-corrected chi connectivity index (χ1v) is 9.35. The molecule has 1 aromatic carbocycles. The van der Waals surface area contributed by atoms with Crippen molar-refractivity contribution in [2.75, 3.05) is 18.8 Å². The molecule has 126 valence electrons. The minimum absolute atomic E-state index is 0.201. The molecule has 0 aliphatic carbocycles. The average molecular weight is 344 g/mol. The van der Waals surface area contributed by atoms with Gasteiger partial charge in [0.15, 0.2) is 0 Å². The molecule has 1 amide bonds. The zero-order valence-electron chi connectivity index (χ0n) is 13.5. The van der Waals surface area contributed by atoms with Crippen LogP contribution in [-0.4, -0.2) is 34.6 Å². The minimum Gasteiger partial charge on any atom is -0.342 e. The Balaban J connectivity index is 1.41. The van der Waals surface area contributed by atoms with Crippen LogP contribution in [0.5, 0.6) is 0 Å². The lowest BCUT2D eigenvalue weighted by Gasteiger charge is -2.16. The van der Waals surface area contributed by atoms with E-state index >= 15 is 0 Å². The highest BCUT2D eigenvalue weighted by molar-refractivity contribution is 7.99. The second-order valence-corrected chi connectivity index (χ2v) is 7.16. The molecule has 2 aromatic rings. The third-order valence-corrected chi connectivity index (χ3v) is 5.31. The molecule has 3 rings (SSSR count). The molecule has 3 nitrogen and oxygen atoms in total. The third kappa shape index (κ3) is 4.81. The number of benzene rings is 1. The summed E-state index contributed by atoms with van der Waals surface area (Å²) >= 11 is 1.65. The fraction of sp³-hybridized carbons (Fsp3) is 0.368. The van der Waals surface area contributed by atoms with Gasteiger partial charge in [0.05, 0.1) is 5.75 Å². The molecule has 1 aromatic heterocycles. The van der Waals surface area contributed by atoms with Gasteiger partial charge in [0.2, 0.25) is 5.91 Å². The van der Waals surface area contributed by atoms with E-state index in [1.165, 1.54) is 17.7 Å². The van der Waals surface area contributed by atoms with E-state index in [1.807, 2.05) is 29.2 Å². The van der Waals surface area contributed by atoms with Crippen LogP contribution in [0.25, 0.3) is 0 Å². The molecule has 0 saturated carbocycles. The summed E-state index contributed by atoms with van der Waals surface area (Å²) in [6.45, 7) is 1.65. The zero-order chi connectivity index (χ0) is 16.8. The van der Waals surface area contributed by atoms with Crippen LogP contribution in [0.2, 0.25) is 0 Å². The van der Waals surface area contributed by atoms with E-state index < -0.39 is 0 Å². The molecule has 0 N–H and O–H groups in total. The van der Waals surface area contributed by atoms with Crippen molar-refractivity contribution in [2.24, 2.45) is 5.92 Å². The largest absolute Gasteiger partial charge is 0.342 e. The summed E-state index contributed by atoms with van der Waals surface area (Å²) in [6, 6.07) is 10.6. The van der Waals surface area contributed by atoms with E-state index in [-0.39, 0.29) is 11.7 Å². The number of carbonyl (C=O) groups is 1. The Morgan fingerprint density at radius 3 is 2.67 bits per heavy atom. The SMILES string of the molecule is O=C(CSCc1ccncc1)N1CCC(Cc2ccc(F)cc2)C1. The Bertz CT molecular complexity index is 663. The van der Waals surface area contributed by atoms with Gasteiger partial charge in [-0.3, -0.25) is 9.78 Å². The van der Waals surface area contributed by atoms with Gasteiger partial charge in [-0.15, -0.1) is 11.8 Å². The van der Waals surface area contributed by atoms with Crippen molar-refractivity contribution in [1.82, 2.24) is 9.88 Å². The first-order valence-electron chi connectivity index (χ1n) is 8.19. The molecular weight excluding hydrogens is 323 g/mol. The standard InChI is InChI=1S/C19H21FN2OS/c20-18-3-1-15(2-4-18)11-17-7-10-22(12-17)19(23)14-24-13-16-5-8-21-9-6-16/h1-6,8-9,17H,7,10-14H2. The van der Waals surface area contributed by atoms with Gasteiger partial charge in [-0.2, -0.15) is 0 Å². The third-order valence-electron chi connectivity index (χ3n) is 4.32. The summed E-state index contributed by atoms with van der Waals surface area (Å²) in [5, 5.41) is 0.